The lowest BCUT2D eigenvalue weighted by Crippen LogP contribution is -2.42. The van der Waals surface area contributed by atoms with Crippen LogP contribution in [0.15, 0.2) is 29.3 Å². The Morgan fingerprint density at radius 2 is 1.67 bits per heavy atom. The molecule has 134 valence electrons. The molecule has 0 amide bonds. The molecule has 24 heavy (non-hydrogen) atoms. The summed E-state index contributed by atoms with van der Waals surface area (Å²) in [5.74, 6) is 3.02. The molecule has 3 rings (SSSR count). The van der Waals surface area contributed by atoms with Gasteiger partial charge in [0, 0.05) is 31.1 Å². The molecule has 0 saturated carbocycles. The molecular weight excluding hydrogens is 431 g/mol. The average molecular weight is 460 g/mol. The zero-order valence-electron chi connectivity index (χ0n) is 14.3. The van der Waals surface area contributed by atoms with Crippen molar-refractivity contribution in [1.82, 2.24) is 9.80 Å². The predicted octanol–water partition coefficient (Wildman–Crippen LogP) is 3.15. The number of piperidine rings is 1. The van der Waals surface area contributed by atoms with Gasteiger partial charge in [-0.2, -0.15) is 11.8 Å². The number of nitrogens with two attached hydrogens (primary N) is 1. The SMILES string of the molecule is I.NC(=NCc1ccccc1CN1CCCCC1)N1CCSCC1. The van der Waals surface area contributed by atoms with E-state index in [1.807, 2.05) is 11.8 Å². The summed E-state index contributed by atoms with van der Waals surface area (Å²) < 4.78 is 0. The molecule has 0 aromatic heterocycles. The Hall–Kier alpha value is -0.470. The lowest BCUT2D eigenvalue weighted by molar-refractivity contribution is 0.220. The van der Waals surface area contributed by atoms with Gasteiger partial charge in [-0.15, -0.1) is 24.0 Å². The highest BCUT2D eigenvalue weighted by atomic mass is 127. The first-order valence-corrected chi connectivity index (χ1v) is 9.90. The first-order chi connectivity index (χ1) is 11.3. The minimum atomic E-state index is 0. The molecular formula is C18H29IN4S. The van der Waals surface area contributed by atoms with E-state index in [-0.39, 0.29) is 24.0 Å². The second-order valence-corrected chi connectivity index (χ2v) is 7.60. The highest BCUT2D eigenvalue weighted by molar-refractivity contribution is 14.0. The molecule has 2 saturated heterocycles. The van der Waals surface area contributed by atoms with Crippen LogP contribution in [-0.4, -0.2) is 53.4 Å². The van der Waals surface area contributed by atoms with E-state index in [1.54, 1.807) is 0 Å². The lowest BCUT2D eigenvalue weighted by atomic mass is 10.1. The van der Waals surface area contributed by atoms with Crippen LogP contribution in [0.3, 0.4) is 0 Å². The number of hydrogen-bond donors (Lipinski definition) is 1. The van der Waals surface area contributed by atoms with Crippen molar-refractivity contribution in [2.75, 3.05) is 37.7 Å². The maximum absolute atomic E-state index is 6.19. The van der Waals surface area contributed by atoms with Crippen LogP contribution in [0.4, 0.5) is 0 Å². The van der Waals surface area contributed by atoms with Crippen LogP contribution < -0.4 is 5.73 Å². The van der Waals surface area contributed by atoms with Crippen molar-refractivity contribution >= 4 is 41.7 Å². The molecule has 1 aromatic carbocycles. The number of thioether (sulfide) groups is 1. The van der Waals surface area contributed by atoms with Gasteiger partial charge in [0.1, 0.15) is 0 Å². The number of aliphatic imine (C=N–C) groups is 1. The largest absolute Gasteiger partial charge is 0.370 e. The van der Waals surface area contributed by atoms with Gasteiger partial charge in [0.15, 0.2) is 5.96 Å². The maximum Gasteiger partial charge on any atom is 0.191 e. The van der Waals surface area contributed by atoms with Gasteiger partial charge < -0.3 is 10.6 Å². The first-order valence-electron chi connectivity index (χ1n) is 8.75. The summed E-state index contributed by atoms with van der Waals surface area (Å²) in [6.07, 6.45) is 4.05. The van der Waals surface area contributed by atoms with E-state index in [2.05, 4.69) is 39.1 Å². The molecule has 0 spiro atoms. The maximum atomic E-state index is 6.19. The number of guanidine groups is 1. The Morgan fingerprint density at radius 3 is 2.38 bits per heavy atom. The molecule has 2 N–H and O–H groups in total. The Balaban J connectivity index is 0.00000208. The summed E-state index contributed by atoms with van der Waals surface area (Å²) >= 11 is 1.99. The predicted molar refractivity (Wildman–Crippen MR) is 115 cm³/mol. The monoisotopic (exact) mass is 460 g/mol. The Labute approximate surface area is 167 Å². The summed E-state index contributed by atoms with van der Waals surface area (Å²) in [5.41, 5.74) is 8.90. The number of hydrogen-bond acceptors (Lipinski definition) is 3. The van der Waals surface area contributed by atoms with Crippen LogP contribution >= 0.6 is 35.7 Å². The molecule has 0 atom stereocenters. The fourth-order valence-electron chi connectivity index (χ4n) is 3.28. The zero-order valence-corrected chi connectivity index (χ0v) is 17.5. The number of benzene rings is 1. The van der Waals surface area contributed by atoms with Crippen molar-refractivity contribution in [2.45, 2.75) is 32.4 Å². The minimum absolute atomic E-state index is 0. The zero-order chi connectivity index (χ0) is 15.9. The van der Waals surface area contributed by atoms with Gasteiger partial charge in [-0.3, -0.25) is 4.90 Å². The smallest absolute Gasteiger partial charge is 0.191 e. The molecule has 4 nitrogen and oxygen atoms in total. The number of halogens is 1. The lowest BCUT2D eigenvalue weighted by Gasteiger charge is -2.28. The van der Waals surface area contributed by atoms with E-state index in [4.69, 9.17) is 5.73 Å². The van der Waals surface area contributed by atoms with Crippen molar-refractivity contribution in [3.63, 3.8) is 0 Å². The molecule has 2 aliphatic heterocycles. The summed E-state index contributed by atoms with van der Waals surface area (Å²) in [6, 6.07) is 8.69. The third-order valence-corrected chi connectivity index (χ3v) is 5.65. The van der Waals surface area contributed by atoms with Gasteiger partial charge in [0.05, 0.1) is 6.54 Å². The second kappa shape index (κ2) is 10.5. The third kappa shape index (κ3) is 5.81. The van der Waals surface area contributed by atoms with Crippen molar-refractivity contribution < 1.29 is 0 Å². The van der Waals surface area contributed by atoms with E-state index >= 15 is 0 Å². The summed E-state index contributed by atoms with van der Waals surface area (Å²) in [6.45, 7) is 6.24. The summed E-state index contributed by atoms with van der Waals surface area (Å²) in [4.78, 5) is 9.44. The standard InChI is InChI=1S/C18H28N4S.HI/c19-18(22-10-12-23-13-11-22)20-14-16-6-2-3-7-17(16)15-21-8-4-1-5-9-21;/h2-3,6-7H,1,4-5,8-15H2,(H2,19,20);1H. The number of likely N-dealkylation sites (tertiary alicyclic amines) is 1. The summed E-state index contributed by atoms with van der Waals surface area (Å²) in [7, 11) is 0. The van der Waals surface area contributed by atoms with Crippen molar-refractivity contribution in [2.24, 2.45) is 10.7 Å². The second-order valence-electron chi connectivity index (χ2n) is 6.38. The van der Waals surface area contributed by atoms with Crippen molar-refractivity contribution in [1.29, 1.82) is 0 Å². The van der Waals surface area contributed by atoms with Crippen LogP contribution in [0, 0.1) is 0 Å². The average Bonchev–Trinajstić information content (AvgIpc) is 2.62. The molecule has 6 heteroatoms. The van der Waals surface area contributed by atoms with Crippen LogP contribution in [-0.2, 0) is 13.1 Å². The fraction of sp³-hybridized carbons (Fsp3) is 0.611. The molecule has 0 unspecified atom stereocenters. The van der Waals surface area contributed by atoms with Gasteiger partial charge in [0.2, 0.25) is 0 Å². The van der Waals surface area contributed by atoms with E-state index in [1.165, 1.54) is 43.5 Å². The molecule has 1 aromatic rings. The minimum Gasteiger partial charge on any atom is -0.370 e. The topological polar surface area (TPSA) is 44.9 Å². The van der Waals surface area contributed by atoms with E-state index in [0.717, 1.165) is 31.1 Å². The molecule has 0 aliphatic carbocycles. The Morgan fingerprint density at radius 1 is 1.00 bits per heavy atom. The number of nitrogens with zero attached hydrogens (tertiary/aromatic N) is 3. The van der Waals surface area contributed by atoms with Gasteiger partial charge in [0.25, 0.3) is 0 Å². The van der Waals surface area contributed by atoms with Crippen LogP contribution in [0.2, 0.25) is 0 Å². The highest BCUT2D eigenvalue weighted by Gasteiger charge is 2.14. The van der Waals surface area contributed by atoms with E-state index in [9.17, 15) is 0 Å². The van der Waals surface area contributed by atoms with Gasteiger partial charge in [-0.25, -0.2) is 4.99 Å². The van der Waals surface area contributed by atoms with Crippen LogP contribution in [0.1, 0.15) is 30.4 Å². The molecule has 0 radical (unpaired) electrons. The van der Waals surface area contributed by atoms with Gasteiger partial charge >= 0.3 is 0 Å². The van der Waals surface area contributed by atoms with E-state index < -0.39 is 0 Å². The third-order valence-electron chi connectivity index (χ3n) is 4.71. The highest BCUT2D eigenvalue weighted by Crippen LogP contribution is 2.17. The van der Waals surface area contributed by atoms with Crippen LogP contribution in [0.5, 0.6) is 0 Å². The molecule has 2 heterocycles. The van der Waals surface area contributed by atoms with Gasteiger partial charge in [-0.05, 0) is 37.1 Å². The first kappa shape index (κ1) is 19.8. The van der Waals surface area contributed by atoms with Gasteiger partial charge in [-0.1, -0.05) is 30.7 Å². The van der Waals surface area contributed by atoms with Crippen LogP contribution in [0.25, 0.3) is 0 Å². The van der Waals surface area contributed by atoms with E-state index in [0.29, 0.717) is 12.5 Å². The Kier molecular flexibility index (Phi) is 8.69. The Bertz CT molecular complexity index is 526. The summed E-state index contributed by atoms with van der Waals surface area (Å²) in [5, 5.41) is 0. The number of rotatable bonds is 4. The van der Waals surface area contributed by atoms with Crippen molar-refractivity contribution in [3.05, 3.63) is 35.4 Å². The molecule has 0 bridgehead atoms. The normalized spacial score (nSPS) is 19.8. The molecule has 2 fully saturated rings. The van der Waals surface area contributed by atoms with Crippen molar-refractivity contribution in [3.8, 4) is 0 Å². The fourth-order valence-corrected chi connectivity index (χ4v) is 4.19. The molecule has 2 aliphatic rings. The quantitative estimate of drug-likeness (QED) is 0.426.